The largest absolute Gasteiger partial charge is 0.349 e. The quantitative estimate of drug-likeness (QED) is 0.904. The van der Waals surface area contributed by atoms with E-state index in [0.29, 0.717) is 5.92 Å². The van der Waals surface area contributed by atoms with E-state index in [9.17, 15) is 4.79 Å². The lowest BCUT2D eigenvalue weighted by Crippen LogP contribution is -2.28. The number of hydrogen-bond donors (Lipinski definition) is 1. The van der Waals surface area contributed by atoms with Crippen LogP contribution in [0.5, 0.6) is 0 Å². The van der Waals surface area contributed by atoms with E-state index in [4.69, 9.17) is 11.6 Å². The van der Waals surface area contributed by atoms with Crippen LogP contribution in [-0.2, 0) is 11.3 Å². The number of amides is 1. The van der Waals surface area contributed by atoms with E-state index in [2.05, 4.69) is 17.3 Å². The number of carbonyl (C=O) groups is 1. The van der Waals surface area contributed by atoms with Gasteiger partial charge < -0.3 is 5.32 Å². The van der Waals surface area contributed by atoms with Gasteiger partial charge in [-0.05, 0) is 50.8 Å². The fourth-order valence-electron chi connectivity index (χ4n) is 3.17. The van der Waals surface area contributed by atoms with Crippen LogP contribution in [0.1, 0.15) is 49.0 Å². The molecule has 5 heteroatoms. The van der Waals surface area contributed by atoms with Crippen LogP contribution < -0.4 is 5.32 Å². The number of nitrogens with zero attached hydrogens (tertiary/aromatic N) is 2. The van der Waals surface area contributed by atoms with Crippen molar-refractivity contribution in [2.45, 2.75) is 45.7 Å². The van der Waals surface area contributed by atoms with Crippen molar-refractivity contribution in [3.8, 4) is 0 Å². The van der Waals surface area contributed by atoms with E-state index in [1.165, 1.54) is 5.56 Å². The monoisotopic (exact) mass is 331 g/mol. The Morgan fingerprint density at radius 1 is 1.43 bits per heavy atom. The second kappa shape index (κ2) is 6.36. The predicted octanol–water partition coefficient (Wildman–Crippen LogP) is 3.85. The first-order valence-corrected chi connectivity index (χ1v) is 8.47. The zero-order valence-corrected chi connectivity index (χ0v) is 14.5. The van der Waals surface area contributed by atoms with Crippen molar-refractivity contribution in [1.82, 2.24) is 15.1 Å². The van der Waals surface area contributed by atoms with Gasteiger partial charge >= 0.3 is 0 Å². The molecule has 122 valence electrons. The number of benzene rings is 1. The first-order chi connectivity index (χ1) is 11.0. The van der Waals surface area contributed by atoms with Crippen LogP contribution in [0.3, 0.4) is 0 Å². The minimum absolute atomic E-state index is 0.0192. The molecule has 0 aliphatic heterocycles. The summed E-state index contributed by atoms with van der Waals surface area (Å²) in [7, 11) is 0. The van der Waals surface area contributed by atoms with Gasteiger partial charge in [-0.3, -0.25) is 9.48 Å². The smallest absolute Gasteiger partial charge is 0.224 e. The zero-order valence-electron chi connectivity index (χ0n) is 13.7. The Bertz CT molecular complexity index is 708. The van der Waals surface area contributed by atoms with Gasteiger partial charge in [0.15, 0.2) is 0 Å². The Kier molecular flexibility index (Phi) is 4.44. The van der Waals surface area contributed by atoms with Gasteiger partial charge in [0.2, 0.25) is 5.91 Å². The Morgan fingerprint density at radius 2 is 2.13 bits per heavy atom. The van der Waals surface area contributed by atoms with Crippen molar-refractivity contribution in [3.05, 3.63) is 52.3 Å². The summed E-state index contributed by atoms with van der Waals surface area (Å²) in [4.78, 5) is 12.5. The van der Waals surface area contributed by atoms with E-state index in [-0.39, 0.29) is 17.9 Å². The topological polar surface area (TPSA) is 46.9 Å². The maximum Gasteiger partial charge on any atom is 0.224 e. The molecule has 3 unspecified atom stereocenters. The molecule has 1 aliphatic rings. The van der Waals surface area contributed by atoms with E-state index < -0.39 is 0 Å². The number of carbonyl (C=O) groups excluding carboxylic acids is 1. The molecule has 0 radical (unpaired) electrons. The molecule has 3 atom stereocenters. The third-order valence-corrected chi connectivity index (χ3v) is 4.94. The van der Waals surface area contributed by atoms with Crippen molar-refractivity contribution < 1.29 is 4.79 Å². The molecule has 1 heterocycles. The molecule has 1 saturated carbocycles. The van der Waals surface area contributed by atoms with Crippen LogP contribution in [0.4, 0.5) is 0 Å². The molecule has 1 fully saturated rings. The molecule has 23 heavy (non-hydrogen) atoms. The van der Waals surface area contributed by atoms with Crippen molar-refractivity contribution >= 4 is 17.5 Å². The van der Waals surface area contributed by atoms with Crippen LogP contribution in [0.15, 0.2) is 30.5 Å². The summed E-state index contributed by atoms with van der Waals surface area (Å²) >= 11 is 5.91. The molecule has 1 amide bonds. The van der Waals surface area contributed by atoms with Gasteiger partial charge in [-0.2, -0.15) is 5.10 Å². The van der Waals surface area contributed by atoms with E-state index in [1.807, 2.05) is 49.0 Å². The Hall–Kier alpha value is -1.81. The average molecular weight is 332 g/mol. The number of aromatic nitrogens is 2. The minimum atomic E-state index is -0.0192. The normalized spacial score (nSPS) is 21.0. The van der Waals surface area contributed by atoms with Crippen LogP contribution in [0, 0.1) is 12.8 Å². The van der Waals surface area contributed by atoms with Gasteiger partial charge in [-0.1, -0.05) is 23.7 Å². The van der Waals surface area contributed by atoms with Crippen molar-refractivity contribution in [2.75, 3.05) is 0 Å². The van der Waals surface area contributed by atoms with Gasteiger partial charge in [0.25, 0.3) is 0 Å². The van der Waals surface area contributed by atoms with Gasteiger partial charge in [-0.25, -0.2) is 0 Å². The second-order valence-electron chi connectivity index (χ2n) is 6.23. The van der Waals surface area contributed by atoms with Gasteiger partial charge in [-0.15, -0.1) is 0 Å². The third kappa shape index (κ3) is 3.27. The van der Waals surface area contributed by atoms with E-state index >= 15 is 0 Å². The lowest BCUT2D eigenvalue weighted by atomic mass is 10.1. The molecular formula is C18H22ClN3O. The molecule has 2 aromatic rings. The molecule has 0 spiro atoms. The summed E-state index contributed by atoms with van der Waals surface area (Å²) in [5, 5.41) is 8.20. The van der Waals surface area contributed by atoms with Crippen LogP contribution >= 0.6 is 11.6 Å². The standard InChI is InChI=1S/C18H22ClN3O/c1-4-22-12(3)17(10-20-22)11(2)21-18(23)16-9-15(16)13-5-7-14(19)8-6-13/h5-8,10-11,15-16H,4,9H2,1-3H3,(H,21,23). The summed E-state index contributed by atoms with van der Waals surface area (Å²) in [6.07, 6.45) is 2.76. The average Bonchev–Trinajstić information content (AvgIpc) is 3.24. The molecule has 1 aliphatic carbocycles. The Balaban J connectivity index is 1.61. The highest BCUT2D eigenvalue weighted by Crippen LogP contribution is 2.47. The number of aryl methyl sites for hydroxylation is 1. The minimum Gasteiger partial charge on any atom is -0.349 e. The summed E-state index contributed by atoms with van der Waals surface area (Å²) in [6.45, 7) is 6.96. The maximum atomic E-state index is 12.5. The summed E-state index contributed by atoms with van der Waals surface area (Å²) in [6, 6.07) is 7.78. The molecular weight excluding hydrogens is 310 g/mol. The van der Waals surface area contributed by atoms with E-state index in [1.54, 1.807) is 0 Å². The highest BCUT2D eigenvalue weighted by molar-refractivity contribution is 6.30. The predicted molar refractivity (Wildman–Crippen MR) is 91.5 cm³/mol. The summed E-state index contributed by atoms with van der Waals surface area (Å²) < 4.78 is 1.95. The first-order valence-electron chi connectivity index (χ1n) is 8.09. The first kappa shape index (κ1) is 16.1. The van der Waals surface area contributed by atoms with Crippen LogP contribution in [-0.4, -0.2) is 15.7 Å². The Labute approximate surface area is 141 Å². The fourth-order valence-corrected chi connectivity index (χ4v) is 3.29. The van der Waals surface area contributed by atoms with Gasteiger partial charge in [0, 0.05) is 28.7 Å². The third-order valence-electron chi connectivity index (χ3n) is 4.69. The van der Waals surface area contributed by atoms with Crippen LogP contribution in [0.25, 0.3) is 0 Å². The molecule has 0 saturated heterocycles. The molecule has 1 N–H and O–H groups in total. The second-order valence-corrected chi connectivity index (χ2v) is 6.67. The molecule has 4 nitrogen and oxygen atoms in total. The highest BCUT2D eigenvalue weighted by Gasteiger charge is 2.44. The lowest BCUT2D eigenvalue weighted by molar-refractivity contribution is -0.123. The van der Waals surface area contributed by atoms with Crippen molar-refractivity contribution in [2.24, 2.45) is 5.92 Å². The number of halogens is 1. The molecule has 0 bridgehead atoms. The molecule has 3 rings (SSSR count). The maximum absolute atomic E-state index is 12.5. The van der Waals surface area contributed by atoms with Gasteiger partial charge in [0.05, 0.1) is 12.2 Å². The number of hydrogen-bond acceptors (Lipinski definition) is 2. The van der Waals surface area contributed by atoms with E-state index in [0.717, 1.165) is 29.2 Å². The summed E-state index contributed by atoms with van der Waals surface area (Å²) in [5.41, 5.74) is 3.39. The molecule has 1 aromatic carbocycles. The van der Waals surface area contributed by atoms with Crippen LogP contribution in [0.2, 0.25) is 5.02 Å². The lowest BCUT2D eigenvalue weighted by Gasteiger charge is -2.14. The molecule has 1 aromatic heterocycles. The number of rotatable bonds is 5. The SMILES string of the molecule is CCn1ncc(C(C)NC(=O)C2CC2c2ccc(Cl)cc2)c1C. The van der Waals surface area contributed by atoms with Gasteiger partial charge in [0.1, 0.15) is 0 Å². The Morgan fingerprint density at radius 3 is 2.74 bits per heavy atom. The summed E-state index contributed by atoms with van der Waals surface area (Å²) in [5.74, 6) is 0.514. The number of nitrogens with one attached hydrogen (secondary N) is 1. The van der Waals surface area contributed by atoms with Crippen molar-refractivity contribution in [1.29, 1.82) is 0 Å². The highest BCUT2D eigenvalue weighted by atomic mass is 35.5. The fraction of sp³-hybridized carbons (Fsp3) is 0.444. The van der Waals surface area contributed by atoms with Crippen molar-refractivity contribution in [3.63, 3.8) is 0 Å². The zero-order chi connectivity index (χ0) is 16.6.